The van der Waals surface area contributed by atoms with Crippen LogP contribution in [0, 0.1) is 11.6 Å². The van der Waals surface area contributed by atoms with Gasteiger partial charge < -0.3 is 0 Å². The first kappa shape index (κ1) is 12.4. The van der Waals surface area contributed by atoms with Crippen LogP contribution in [0.25, 0.3) is 0 Å². The molecule has 0 unspecified atom stereocenters. The van der Waals surface area contributed by atoms with Gasteiger partial charge in [0.15, 0.2) is 0 Å². The van der Waals surface area contributed by atoms with Gasteiger partial charge >= 0.3 is 0 Å². The molecule has 0 bridgehead atoms. The van der Waals surface area contributed by atoms with Gasteiger partial charge in [-0.05, 0) is 42.0 Å². The van der Waals surface area contributed by atoms with E-state index in [4.69, 9.17) is 11.6 Å². The summed E-state index contributed by atoms with van der Waals surface area (Å²) in [5.41, 5.74) is 0.936. The molecule has 0 radical (unpaired) electrons. The third-order valence-electron chi connectivity index (χ3n) is 2.20. The van der Waals surface area contributed by atoms with E-state index in [1.54, 1.807) is 36.0 Å². The predicted octanol–water partition coefficient (Wildman–Crippen LogP) is 4.91. The van der Waals surface area contributed by atoms with Crippen LogP contribution in [0.4, 0.5) is 8.78 Å². The molecule has 4 heteroatoms. The predicted molar refractivity (Wildman–Crippen MR) is 67.4 cm³/mol. The van der Waals surface area contributed by atoms with Gasteiger partial charge in [0.1, 0.15) is 11.6 Å². The van der Waals surface area contributed by atoms with Crippen molar-refractivity contribution in [2.45, 2.75) is 10.6 Å². The summed E-state index contributed by atoms with van der Waals surface area (Å²) >= 11 is 7.23. The highest BCUT2D eigenvalue weighted by Gasteiger charge is 2.02. The maximum Gasteiger partial charge on any atom is 0.141 e. The lowest BCUT2D eigenvalue weighted by Crippen LogP contribution is -1.84. The van der Waals surface area contributed by atoms with Crippen molar-refractivity contribution in [2.75, 3.05) is 0 Å². The topological polar surface area (TPSA) is 0 Å². The van der Waals surface area contributed by atoms with Gasteiger partial charge in [-0.3, -0.25) is 0 Å². The van der Waals surface area contributed by atoms with Crippen molar-refractivity contribution in [3.8, 4) is 0 Å². The zero-order valence-corrected chi connectivity index (χ0v) is 10.4. The molecule has 0 spiro atoms. The van der Waals surface area contributed by atoms with Crippen molar-refractivity contribution in [2.24, 2.45) is 0 Å². The van der Waals surface area contributed by atoms with Gasteiger partial charge in [-0.2, -0.15) is 0 Å². The van der Waals surface area contributed by atoms with Crippen LogP contribution in [0.15, 0.2) is 47.4 Å². The van der Waals surface area contributed by atoms with E-state index < -0.39 is 5.82 Å². The molecule has 0 aliphatic carbocycles. The highest BCUT2D eigenvalue weighted by molar-refractivity contribution is 7.98. The Morgan fingerprint density at radius 3 is 2.35 bits per heavy atom. The van der Waals surface area contributed by atoms with Crippen molar-refractivity contribution in [1.82, 2.24) is 0 Å². The average molecular weight is 271 g/mol. The molecule has 0 aliphatic heterocycles. The van der Waals surface area contributed by atoms with Crippen molar-refractivity contribution < 1.29 is 8.78 Å². The number of benzene rings is 2. The molecule has 0 saturated carbocycles. The summed E-state index contributed by atoms with van der Waals surface area (Å²) in [5.74, 6) is 0.00686. The van der Waals surface area contributed by atoms with Crippen LogP contribution in [0.1, 0.15) is 5.56 Å². The smallest absolute Gasteiger partial charge is 0.141 e. The minimum Gasteiger partial charge on any atom is -0.207 e. The van der Waals surface area contributed by atoms with Crippen LogP contribution >= 0.6 is 23.4 Å². The first-order valence-corrected chi connectivity index (χ1v) is 6.34. The summed E-state index contributed by atoms with van der Waals surface area (Å²) in [6, 6.07) is 10.9. The van der Waals surface area contributed by atoms with E-state index in [9.17, 15) is 8.78 Å². The molecule has 0 aliphatic rings. The molecule has 0 amide bonds. The number of hydrogen-bond donors (Lipinski definition) is 0. The Morgan fingerprint density at radius 2 is 1.71 bits per heavy atom. The van der Waals surface area contributed by atoms with Crippen LogP contribution < -0.4 is 0 Å². The lowest BCUT2D eigenvalue weighted by molar-refractivity contribution is 0.626. The Bertz CT molecular complexity index is 511. The highest BCUT2D eigenvalue weighted by atomic mass is 35.5. The zero-order valence-electron chi connectivity index (χ0n) is 8.79. The van der Waals surface area contributed by atoms with Crippen molar-refractivity contribution in [1.29, 1.82) is 0 Å². The number of thioether (sulfide) groups is 1. The molecule has 0 heterocycles. The van der Waals surface area contributed by atoms with E-state index in [0.717, 1.165) is 10.5 Å². The molecule has 0 fully saturated rings. The van der Waals surface area contributed by atoms with E-state index in [2.05, 4.69) is 0 Å². The van der Waals surface area contributed by atoms with Gasteiger partial charge in [-0.1, -0.05) is 17.7 Å². The third-order valence-corrected chi connectivity index (χ3v) is 3.58. The molecule has 17 heavy (non-hydrogen) atoms. The fraction of sp³-hybridized carbons (Fsp3) is 0.0769. The first-order chi connectivity index (χ1) is 8.15. The van der Waals surface area contributed by atoms with Crippen LogP contribution in [-0.4, -0.2) is 0 Å². The minimum atomic E-state index is -0.415. The van der Waals surface area contributed by atoms with Crippen molar-refractivity contribution >= 4 is 23.4 Å². The standard InChI is InChI=1S/C13H9ClF2S/c14-12-7-9(1-6-13(12)16)8-17-11-4-2-10(15)3-5-11/h1-7H,8H2. The second-order valence-corrected chi connectivity index (χ2v) is 4.95. The Labute approximate surface area is 108 Å². The second-order valence-electron chi connectivity index (χ2n) is 3.49. The van der Waals surface area contributed by atoms with Crippen molar-refractivity contribution in [3.05, 3.63) is 64.7 Å². The first-order valence-electron chi connectivity index (χ1n) is 4.97. The summed E-state index contributed by atoms with van der Waals surface area (Å²) in [6.45, 7) is 0. The summed E-state index contributed by atoms with van der Waals surface area (Å²) in [5, 5.41) is 0.127. The number of hydrogen-bond acceptors (Lipinski definition) is 1. The Kier molecular flexibility index (Phi) is 4.02. The highest BCUT2D eigenvalue weighted by Crippen LogP contribution is 2.25. The van der Waals surface area contributed by atoms with Crippen LogP contribution in [0.5, 0.6) is 0 Å². The molecule has 2 aromatic rings. The molecule has 2 rings (SSSR count). The van der Waals surface area contributed by atoms with Gasteiger partial charge in [0.25, 0.3) is 0 Å². The number of rotatable bonds is 3. The Hall–Kier alpha value is -1.06. The Morgan fingerprint density at radius 1 is 1.00 bits per heavy atom. The summed E-state index contributed by atoms with van der Waals surface area (Å²) < 4.78 is 25.6. The van der Waals surface area contributed by atoms with E-state index in [0.29, 0.717) is 5.75 Å². The lowest BCUT2D eigenvalue weighted by Gasteiger charge is -2.03. The van der Waals surface area contributed by atoms with Gasteiger partial charge in [0.05, 0.1) is 5.02 Å². The molecule has 0 nitrogen and oxygen atoms in total. The largest absolute Gasteiger partial charge is 0.207 e. The van der Waals surface area contributed by atoms with E-state index in [1.165, 1.54) is 18.2 Å². The van der Waals surface area contributed by atoms with Crippen LogP contribution in [-0.2, 0) is 5.75 Å². The molecule has 2 aromatic carbocycles. The van der Waals surface area contributed by atoms with Gasteiger partial charge in [0.2, 0.25) is 0 Å². The fourth-order valence-corrected chi connectivity index (χ4v) is 2.37. The summed E-state index contributed by atoms with van der Waals surface area (Å²) in [4.78, 5) is 0.965. The van der Waals surface area contributed by atoms with E-state index >= 15 is 0 Å². The summed E-state index contributed by atoms with van der Waals surface area (Å²) in [6.07, 6.45) is 0. The molecule has 88 valence electrons. The molecule has 0 saturated heterocycles. The number of halogens is 3. The SMILES string of the molecule is Fc1ccc(SCc2ccc(F)c(Cl)c2)cc1. The van der Waals surface area contributed by atoms with E-state index in [-0.39, 0.29) is 10.8 Å². The fourth-order valence-electron chi connectivity index (χ4n) is 1.33. The maximum absolute atomic E-state index is 12.9. The summed E-state index contributed by atoms with van der Waals surface area (Å²) in [7, 11) is 0. The zero-order chi connectivity index (χ0) is 12.3. The van der Waals surface area contributed by atoms with Gasteiger partial charge in [-0.25, -0.2) is 8.78 Å². The lowest BCUT2D eigenvalue weighted by atomic mass is 10.2. The molecule has 0 N–H and O–H groups in total. The monoisotopic (exact) mass is 270 g/mol. The van der Waals surface area contributed by atoms with Gasteiger partial charge in [-0.15, -0.1) is 11.8 Å². The molecule has 0 atom stereocenters. The van der Waals surface area contributed by atoms with Crippen LogP contribution in [0.3, 0.4) is 0 Å². The molecule has 0 aromatic heterocycles. The van der Waals surface area contributed by atoms with Crippen LogP contribution in [0.2, 0.25) is 5.02 Å². The quantitative estimate of drug-likeness (QED) is 0.714. The van der Waals surface area contributed by atoms with Crippen molar-refractivity contribution in [3.63, 3.8) is 0 Å². The average Bonchev–Trinajstić information content (AvgIpc) is 2.33. The maximum atomic E-state index is 12.9. The third kappa shape index (κ3) is 3.45. The normalized spacial score (nSPS) is 10.5. The molecular weight excluding hydrogens is 262 g/mol. The van der Waals surface area contributed by atoms with Gasteiger partial charge in [0, 0.05) is 10.6 Å². The molecular formula is C13H9ClF2S. The Balaban J connectivity index is 2.02. The second kappa shape index (κ2) is 5.52. The minimum absolute atomic E-state index is 0.127. The van der Waals surface area contributed by atoms with E-state index in [1.807, 2.05) is 0 Å².